The summed E-state index contributed by atoms with van der Waals surface area (Å²) in [6.07, 6.45) is 1.09. The number of hydrogen-bond donors (Lipinski definition) is 0. The van der Waals surface area contributed by atoms with Crippen molar-refractivity contribution in [2.75, 3.05) is 13.7 Å². The highest BCUT2D eigenvalue weighted by Gasteiger charge is 2.29. The number of benzene rings is 2. The van der Waals surface area contributed by atoms with Gasteiger partial charge in [-0.25, -0.2) is 4.79 Å². The van der Waals surface area contributed by atoms with Crippen LogP contribution in [0, 0.1) is 0 Å². The van der Waals surface area contributed by atoms with Crippen LogP contribution in [0.2, 0.25) is 0 Å². The van der Waals surface area contributed by atoms with E-state index in [1.165, 1.54) is 4.90 Å². The van der Waals surface area contributed by atoms with E-state index >= 15 is 0 Å². The van der Waals surface area contributed by atoms with Gasteiger partial charge in [0.2, 0.25) is 0 Å². The maximum absolute atomic E-state index is 13.4. The van der Waals surface area contributed by atoms with E-state index in [2.05, 4.69) is 13.2 Å². The Morgan fingerprint density at radius 2 is 1.74 bits per heavy atom. The Labute approximate surface area is 183 Å². The van der Waals surface area contributed by atoms with Crippen molar-refractivity contribution >= 4 is 11.9 Å². The largest absolute Gasteiger partial charge is 0.497 e. The maximum Gasteiger partial charge on any atom is 0.354 e. The number of carbonyl (C=O) groups is 2. The Bertz CT molecular complexity index is 877. The van der Waals surface area contributed by atoms with Crippen molar-refractivity contribution in [1.82, 2.24) is 4.90 Å². The SMILES string of the molecule is C=CC[C@H](OCc1ccccc1)C(=O)N(Cc1ccc(OC)cc1)C(=C)C(=O)OCC. The van der Waals surface area contributed by atoms with E-state index in [1.54, 1.807) is 32.2 Å². The van der Waals surface area contributed by atoms with E-state index < -0.39 is 12.1 Å². The molecule has 2 rings (SSSR count). The number of esters is 1. The molecule has 6 nitrogen and oxygen atoms in total. The van der Waals surface area contributed by atoms with E-state index in [9.17, 15) is 9.59 Å². The van der Waals surface area contributed by atoms with Gasteiger partial charge in [-0.1, -0.05) is 55.1 Å². The lowest BCUT2D eigenvalue weighted by molar-refractivity contribution is -0.149. The first-order valence-corrected chi connectivity index (χ1v) is 10.1. The van der Waals surface area contributed by atoms with Crippen molar-refractivity contribution in [3.05, 3.63) is 90.7 Å². The van der Waals surface area contributed by atoms with Gasteiger partial charge in [-0.2, -0.15) is 0 Å². The second-order valence-corrected chi connectivity index (χ2v) is 6.75. The molecule has 0 radical (unpaired) electrons. The molecule has 0 saturated heterocycles. The molecule has 0 N–H and O–H groups in total. The van der Waals surface area contributed by atoms with Crippen LogP contribution >= 0.6 is 0 Å². The van der Waals surface area contributed by atoms with Crippen LogP contribution in [0.25, 0.3) is 0 Å². The Morgan fingerprint density at radius 3 is 2.32 bits per heavy atom. The van der Waals surface area contributed by atoms with Gasteiger partial charge in [0.25, 0.3) is 5.91 Å². The standard InChI is InChI=1S/C25H29NO5/c1-5-10-23(31-18-21-11-8-7-9-12-21)24(27)26(19(3)25(28)30-6-2)17-20-13-15-22(29-4)16-14-20/h5,7-9,11-16,23H,1,3,6,10,17-18H2,2,4H3/t23-/m0/s1. The van der Waals surface area contributed by atoms with Gasteiger partial charge < -0.3 is 14.2 Å². The molecule has 164 valence electrons. The molecule has 1 atom stereocenters. The second kappa shape index (κ2) is 12.3. The molecule has 31 heavy (non-hydrogen) atoms. The van der Waals surface area contributed by atoms with Gasteiger partial charge >= 0.3 is 5.97 Å². The quantitative estimate of drug-likeness (QED) is 0.290. The summed E-state index contributed by atoms with van der Waals surface area (Å²) in [4.78, 5) is 27.0. The molecule has 0 bridgehead atoms. The number of methoxy groups -OCH3 is 1. The van der Waals surface area contributed by atoms with E-state index in [-0.39, 0.29) is 31.4 Å². The van der Waals surface area contributed by atoms with Crippen molar-refractivity contribution < 1.29 is 23.8 Å². The lowest BCUT2D eigenvalue weighted by Gasteiger charge is -2.28. The molecule has 0 aromatic heterocycles. The van der Waals surface area contributed by atoms with Crippen molar-refractivity contribution in [3.8, 4) is 5.75 Å². The summed E-state index contributed by atoms with van der Waals surface area (Å²) in [5, 5.41) is 0. The van der Waals surface area contributed by atoms with Crippen molar-refractivity contribution in [2.45, 2.75) is 32.6 Å². The molecule has 0 spiro atoms. The fourth-order valence-corrected chi connectivity index (χ4v) is 2.88. The van der Waals surface area contributed by atoms with Gasteiger partial charge in [0.05, 0.1) is 26.9 Å². The summed E-state index contributed by atoms with van der Waals surface area (Å²) in [6.45, 7) is 9.82. The lowest BCUT2D eigenvalue weighted by atomic mass is 10.1. The minimum Gasteiger partial charge on any atom is -0.497 e. The highest BCUT2D eigenvalue weighted by molar-refractivity contribution is 5.94. The molecule has 0 fully saturated rings. The summed E-state index contributed by atoms with van der Waals surface area (Å²) < 4.78 is 16.1. The highest BCUT2D eigenvalue weighted by Crippen LogP contribution is 2.19. The van der Waals surface area contributed by atoms with Crippen LogP contribution in [-0.2, 0) is 32.2 Å². The summed E-state index contributed by atoms with van der Waals surface area (Å²) in [7, 11) is 1.58. The van der Waals surface area contributed by atoms with Crippen LogP contribution in [0.5, 0.6) is 5.75 Å². The topological polar surface area (TPSA) is 65.1 Å². The lowest BCUT2D eigenvalue weighted by Crippen LogP contribution is -2.41. The van der Waals surface area contributed by atoms with E-state index in [4.69, 9.17) is 14.2 Å². The van der Waals surface area contributed by atoms with Crippen LogP contribution in [0.1, 0.15) is 24.5 Å². The van der Waals surface area contributed by atoms with Crippen LogP contribution < -0.4 is 4.74 Å². The molecule has 6 heteroatoms. The molecular formula is C25H29NO5. The van der Waals surface area contributed by atoms with Gasteiger partial charge in [-0.05, 0) is 30.2 Å². The second-order valence-electron chi connectivity index (χ2n) is 6.75. The van der Waals surface area contributed by atoms with Gasteiger partial charge in [0.1, 0.15) is 17.6 Å². The number of nitrogens with zero attached hydrogens (tertiary/aromatic N) is 1. The fourth-order valence-electron chi connectivity index (χ4n) is 2.88. The Morgan fingerprint density at radius 1 is 1.06 bits per heavy atom. The van der Waals surface area contributed by atoms with Crippen molar-refractivity contribution in [3.63, 3.8) is 0 Å². The molecule has 0 aliphatic carbocycles. The number of amides is 1. The summed E-state index contributed by atoms with van der Waals surface area (Å²) in [5.74, 6) is -0.337. The van der Waals surface area contributed by atoms with E-state index in [0.29, 0.717) is 12.2 Å². The zero-order valence-corrected chi connectivity index (χ0v) is 18.1. The molecule has 2 aromatic rings. The summed E-state index contributed by atoms with van der Waals surface area (Å²) in [6, 6.07) is 16.8. The van der Waals surface area contributed by atoms with Crippen LogP contribution in [-0.4, -0.2) is 36.6 Å². The summed E-state index contributed by atoms with van der Waals surface area (Å²) >= 11 is 0. The van der Waals surface area contributed by atoms with Crippen molar-refractivity contribution in [2.24, 2.45) is 0 Å². The van der Waals surface area contributed by atoms with Gasteiger partial charge in [0.15, 0.2) is 0 Å². The Hall–Kier alpha value is -3.38. The zero-order valence-electron chi connectivity index (χ0n) is 18.1. The van der Waals surface area contributed by atoms with Gasteiger partial charge in [-0.15, -0.1) is 6.58 Å². The first kappa shape index (κ1) is 23.9. The maximum atomic E-state index is 13.4. The van der Waals surface area contributed by atoms with Crippen molar-refractivity contribution in [1.29, 1.82) is 0 Å². The predicted molar refractivity (Wildman–Crippen MR) is 119 cm³/mol. The van der Waals surface area contributed by atoms with Crippen LogP contribution in [0.3, 0.4) is 0 Å². The number of carbonyl (C=O) groups excluding carboxylic acids is 2. The first-order chi connectivity index (χ1) is 15.0. The average Bonchev–Trinajstić information content (AvgIpc) is 2.80. The zero-order chi connectivity index (χ0) is 22.6. The fraction of sp³-hybridized carbons (Fsp3) is 0.280. The minimum absolute atomic E-state index is 0.0416. The van der Waals surface area contributed by atoms with Gasteiger partial charge in [-0.3, -0.25) is 9.69 Å². The molecule has 0 saturated carbocycles. The molecule has 0 aliphatic rings. The Kier molecular flexibility index (Phi) is 9.52. The molecule has 2 aromatic carbocycles. The predicted octanol–water partition coefficient (Wildman–Crippen LogP) is 4.26. The highest BCUT2D eigenvalue weighted by atomic mass is 16.5. The van der Waals surface area contributed by atoms with Crippen LogP contribution in [0.4, 0.5) is 0 Å². The molecule has 0 aliphatic heterocycles. The summed E-state index contributed by atoms with van der Waals surface area (Å²) in [5.41, 5.74) is 1.70. The monoisotopic (exact) mass is 423 g/mol. The third-order valence-corrected chi connectivity index (χ3v) is 4.55. The van der Waals surface area contributed by atoms with Crippen LogP contribution in [0.15, 0.2) is 79.5 Å². The van der Waals surface area contributed by atoms with E-state index in [1.807, 2.05) is 42.5 Å². The minimum atomic E-state index is -0.817. The number of rotatable bonds is 12. The Balaban J connectivity index is 2.24. The molecular weight excluding hydrogens is 394 g/mol. The third kappa shape index (κ3) is 7.12. The molecule has 1 amide bonds. The molecule has 0 heterocycles. The number of ether oxygens (including phenoxy) is 3. The first-order valence-electron chi connectivity index (χ1n) is 10.1. The third-order valence-electron chi connectivity index (χ3n) is 4.55. The normalized spacial score (nSPS) is 11.3. The average molecular weight is 424 g/mol. The van der Waals surface area contributed by atoms with E-state index in [0.717, 1.165) is 11.1 Å². The smallest absolute Gasteiger partial charge is 0.354 e. The number of hydrogen-bond acceptors (Lipinski definition) is 5. The van der Waals surface area contributed by atoms with Gasteiger partial charge in [0, 0.05) is 6.42 Å². The molecule has 0 unspecified atom stereocenters.